The maximum absolute atomic E-state index is 5.54. The zero-order chi connectivity index (χ0) is 14.6. The van der Waals surface area contributed by atoms with Gasteiger partial charge in [0.25, 0.3) is 0 Å². The van der Waals surface area contributed by atoms with Crippen LogP contribution in [0.3, 0.4) is 0 Å². The number of thiol groups is 6. The smallest absolute Gasteiger partial charge is 0.0405 e. The molecule has 0 nitrogen and oxygen atoms in total. The topological polar surface area (TPSA) is 0 Å². The van der Waals surface area contributed by atoms with Crippen LogP contribution in [0.1, 0.15) is 0 Å². The lowest BCUT2D eigenvalue weighted by Crippen LogP contribution is -1.84. The van der Waals surface area contributed by atoms with Gasteiger partial charge in [-0.2, -0.15) is 0 Å². The largest absolute Gasteiger partial charge is 0.141 e. The van der Waals surface area contributed by atoms with Crippen molar-refractivity contribution in [2.24, 2.45) is 0 Å². The molecular formula is C12H11ClS6. The molecule has 2 rings (SSSR count). The van der Waals surface area contributed by atoms with Crippen molar-refractivity contribution in [2.45, 2.75) is 29.4 Å². The van der Waals surface area contributed by atoms with Gasteiger partial charge in [-0.1, -0.05) is 29.8 Å². The summed E-state index contributed by atoms with van der Waals surface area (Å²) in [7, 11) is 0. The van der Waals surface area contributed by atoms with Gasteiger partial charge in [0, 0.05) is 34.4 Å². The quantitative estimate of drug-likeness (QED) is 0.307. The Morgan fingerprint density at radius 1 is 0.526 bits per heavy atom. The van der Waals surface area contributed by atoms with Crippen LogP contribution in [0.15, 0.2) is 59.7 Å². The molecular weight excluding hydrogens is 372 g/mol. The number of hydrogen-bond acceptors (Lipinski definition) is 6. The normalized spacial score (nSPS) is 9.84. The lowest BCUT2D eigenvalue weighted by Gasteiger charge is -2.11. The number of hydrogen-bond donors (Lipinski definition) is 6. The molecule has 0 saturated heterocycles. The van der Waals surface area contributed by atoms with E-state index in [1.165, 1.54) is 0 Å². The first-order chi connectivity index (χ1) is 8.86. The van der Waals surface area contributed by atoms with Gasteiger partial charge in [-0.05, 0) is 12.1 Å². The zero-order valence-electron chi connectivity index (χ0n) is 9.45. The molecule has 0 fully saturated rings. The van der Waals surface area contributed by atoms with Crippen LogP contribution in [0.2, 0.25) is 5.02 Å². The molecule has 7 heteroatoms. The fraction of sp³-hybridized carbons (Fsp3) is 0. The number of halogens is 1. The van der Waals surface area contributed by atoms with Crippen molar-refractivity contribution >= 4 is 87.4 Å². The minimum Gasteiger partial charge on any atom is -0.141 e. The van der Waals surface area contributed by atoms with Crippen LogP contribution in [0.25, 0.3) is 0 Å². The lowest BCUT2D eigenvalue weighted by molar-refractivity contribution is 0.892. The first kappa shape index (κ1) is 17.9. The SMILES string of the molecule is Clc1ccccc1.Sc1c(S)c(S)c(S)c(S)c1S. The molecule has 0 radical (unpaired) electrons. The van der Waals surface area contributed by atoms with E-state index in [2.05, 4.69) is 75.8 Å². The standard InChI is InChI=1S/C6H5Cl.C6H6S6/c7-6-4-2-1-3-5-6;7-1-2(8)4(10)6(12)5(11)3(1)9/h1-5H;7-12H. The van der Waals surface area contributed by atoms with Gasteiger partial charge in [0.05, 0.1) is 0 Å². The summed E-state index contributed by atoms with van der Waals surface area (Å²) in [6.45, 7) is 0. The van der Waals surface area contributed by atoms with Gasteiger partial charge in [-0.3, -0.25) is 0 Å². The molecule has 2 aromatic rings. The molecule has 102 valence electrons. The van der Waals surface area contributed by atoms with E-state index in [0.29, 0.717) is 29.4 Å². The summed E-state index contributed by atoms with van der Waals surface area (Å²) in [5, 5.41) is 0.794. The Bertz CT molecular complexity index is 465. The van der Waals surface area contributed by atoms with Crippen molar-refractivity contribution in [1.29, 1.82) is 0 Å². The van der Waals surface area contributed by atoms with Gasteiger partial charge in [0.1, 0.15) is 0 Å². The van der Waals surface area contributed by atoms with Crippen molar-refractivity contribution < 1.29 is 0 Å². The van der Waals surface area contributed by atoms with Crippen LogP contribution in [-0.4, -0.2) is 0 Å². The average molecular weight is 383 g/mol. The van der Waals surface area contributed by atoms with E-state index in [1.54, 1.807) is 0 Å². The van der Waals surface area contributed by atoms with E-state index in [4.69, 9.17) is 11.6 Å². The molecule has 0 aliphatic heterocycles. The number of benzene rings is 2. The van der Waals surface area contributed by atoms with Crippen molar-refractivity contribution in [3.63, 3.8) is 0 Å². The molecule has 0 aliphatic carbocycles. The monoisotopic (exact) mass is 382 g/mol. The molecule has 0 N–H and O–H groups in total. The lowest BCUT2D eigenvalue weighted by atomic mass is 10.3. The fourth-order valence-corrected chi connectivity index (χ4v) is 3.10. The Balaban J connectivity index is 0.000000218. The van der Waals surface area contributed by atoms with E-state index >= 15 is 0 Å². The van der Waals surface area contributed by atoms with Crippen LogP contribution < -0.4 is 0 Å². The summed E-state index contributed by atoms with van der Waals surface area (Å²) in [5.74, 6) is 0. The third kappa shape index (κ3) is 4.95. The minimum absolute atomic E-state index is 0.675. The van der Waals surface area contributed by atoms with Crippen LogP contribution in [0.5, 0.6) is 0 Å². The molecule has 0 atom stereocenters. The zero-order valence-corrected chi connectivity index (χ0v) is 15.6. The van der Waals surface area contributed by atoms with Crippen LogP contribution >= 0.6 is 87.4 Å². The predicted molar refractivity (Wildman–Crippen MR) is 101 cm³/mol. The maximum atomic E-state index is 5.54. The predicted octanol–water partition coefficient (Wildman–Crippen LogP) is 5.76. The highest BCUT2D eigenvalue weighted by Gasteiger charge is 2.12. The van der Waals surface area contributed by atoms with Crippen molar-refractivity contribution in [2.75, 3.05) is 0 Å². The van der Waals surface area contributed by atoms with Gasteiger partial charge < -0.3 is 0 Å². The van der Waals surface area contributed by atoms with Crippen molar-refractivity contribution in [3.05, 3.63) is 35.4 Å². The van der Waals surface area contributed by atoms with Crippen LogP contribution in [0.4, 0.5) is 0 Å². The third-order valence-corrected chi connectivity index (χ3v) is 6.07. The van der Waals surface area contributed by atoms with Gasteiger partial charge >= 0.3 is 0 Å². The van der Waals surface area contributed by atoms with Gasteiger partial charge in [0.2, 0.25) is 0 Å². The molecule has 0 saturated carbocycles. The Kier molecular flexibility index (Phi) is 7.83. The highest BCUT2D eigenvalue weighted by molar-refractivity contribution is 7.88. The van der Waals surface area contributed by atoms with Crippen molar-refractivity contribution in [1.82, 2.24) is 0 Å². The Hall–Kier alpha value is 0.830. The van der Waals surface area contributed by atoms with Gasteiger partial charge in [-0.25, -0.2) is 0 Å². The molecule has 0 aliphatic rings. The van der Waals surface area contributed by atoms with E-state index in [-0.39, 0.29) is 0 Å². The van der Waals surface area contributed by atoms with Crippen LogP contribution in [0, 0.1) is 0 Å². The second-order valence-corrected chi connectivity index (χ2v) is 6.51. The highest BCUT2D eigenvalue weighted by atomic mass is 35.5. The minimum atomic E-state index is 0.675. The summed E-state index contributed by atoms with van der Waals surface area (Å²) in [6, 6.07) is 9.44. The van der Waals surface area contributed by atoms with E-state index in [1.807, 2.05) is 30.3 Å². The maximum Gasteiger partial charge on any atom is 0.0405 e. The summed E-state index contributed by atoms with van der Waals surface area (Å²) in [6.07, 6.45) is 0. The molecule has 0 bridgehead atoms. The first-order valence-corrected chi connectivity index (χ1v) is 8.00. The van der Waals surface area contributed by atoms with E-state index < -0.39 is 0 Å². The molecule has 0 aromatic heterocycles. The second-order valence-electron chi connectivity index (χ2n) is 3.39. The van der Waals surface area contributed by atoms with E-state index in [9.17, 15) is 0 Å². The molecule has 0 unspecified atom stereocenters. The summed E-state index contributed by atoms with van der Waals surface area (Å²) >= 11 is 30.8. The molecule has 19 heavy (non-hydrogen) atoms. The fourth-order valence-electron chi connectivity index (χ4n) is 1.09. The van der Waals surface area contributed by atoms with Gasteiger partial charge in [0.15, 0.2) is 0 Å². The Labute approximate surface area is 151 Å². The average Bonchev–Trinajstić information content (AvgIpc) is 2.42. The number of rotatable bonds is 0. The molecule has 0 heterocycles. The molecule has 0 amide bonds. The molecule has 2 aromatic carbocycles. The first-order valence-electron chi connectivity index (χ1n) is 4.94. The Morgan fingerprint density at radius 2 is 0.789 bits per heavy atom. The summed E-state index contributed by atoms with van der Waals surface area (Å²) < 4.78 is 0. The highest BCUT2D eigenvalue weighted by Crippen LogP contribution is 2.40. The Morgan fingerprint density at radius 3 is 0.947 bits per heavy atom. The van der Waals surface area contributed by atoms with Gasteiger partial charge in [-0.15, -0.1) is 75.8 Å². The van der Waals surface area contributed by atoms with Crippen LogP contribution in [-0.2, 0) is 0 Å². The third-order valence-electron chi connectivity index (χ3n) is 2.08. The summed E-state index contributed by atoms with van der Waals surface area (Å²) in [5.41, 5.74) is 0. The second kappa shape index (κ2) is 8.32. The van der Waals surface area contributed by atoms with E-state index in [0.717, 1.165) is 5.02 Å². The molecule has 0 spiro atoms. The summed E-state index contributed by atoms with van der Waals surface area (Å²) in [4.78, 5) is 4.05. The van der Waals surface area contributed by atoms with Crippen molar-refractivity contribution in [3.8, 4) is 0 Å².